The van der Waals surface area contributed by atoms with Crippen LogP contribution in [-0.4, -0.2) is 29.8 Å². The smallest absolute Gasteiger partial charge is 0.303 e. The number of ether oxygens (including phenoxy) is 1. The molecule has 148 valence electrons. The number of rotatable bonds is 14. The second-order valence-electron chi connectivity index (χ2n) is 7.24. The fraction of sp³-hybridized carbons (Fsp3) is 0.762. The van der Waals surface area contributed by atoms with E-state index in [1.165, 1.54) is 0 Å². The minimum absolute atomic E-state index is 0.0278. The minimum Gasteiger partial charge on any atom is -0.501 e. The second-order valence-corrected chi connectivity index (χ2v) is 7.24. The van der Waals surface area contributed by atoms with Gasteiger partial charge in [-0.25, -0.2) is 0 Å². The second kappa shape index (κ2) is 12.7. The molecule has 26 heavy (non-hydrogen) atoms. The molecule has 0 aromatic heterocycles. The number of unbranched alkanes of at least 4 members (excludes halogenated alkanes) is 5. The zero-order valence-electron chi connectivity index (χ0n) is 16.3. The van der Waals surface area contributed by atoms with Gasteiger partial charge in [-0.3, -0.25) is 14.4 Å². The summed E-state index contributed by atoms with van der Waals surface area (Å²) >= 11 is 0. The molecule has 1 aliphatic carbocycles. The highest BCUT2D eigenvalue weighted by atomic mass is 16.5. The van der Waals surface area contributed by atoms with Gasteiger partial charge in [0.25, 0.3) is 0 Å². The summed E-state index contributed by atoms with van der Waals surface area (Å²) in [5.41, 5.74) is 0. The molecule has 0 spiro atoms. The third-order valence-electron chi connectivity index (χ3n) is 5.21. The lowest BCUT2D eigenvalue weighted by Gasteiger charge is -2.16. The number of carbonyl (C=O) groups is 3. The van der Waals surface area contributed by atoms with Gasteiger partial charge in [-0.1, -0.05) is 39.0 Å². The molecule has 0 unspecified atom stereocenters. The zero-order valence-corrected chi connectivity index (χ0v) is 16.3. The average molecular weight is 366 g/mol. The first kappa shape index (κ1) is 22.4. The number of hydrogen-bond acceptors (Lipinski definition) is 4. The highest BCUT2D eigenvalue weighted by Crippen LogP contribution is 2.34. The van der Waals surface area contributed by atoms with Crippen LogP contribution in [-0.2, 0) is 19.1 Å². The van der Waals surface area contributed by atoms with E-state index in [0.29, 0.717) is 19.3 Å². The summed E-state index contributed by atoms with van der Waals surface area (Å²) < 4.78 is 5.34. The van der Waals surface area contributed by atoms with Gasteiger partial charge in [0.1, 0.15) is 5.78 Å². The maximum Gasteiger partial charge on any atom is 0.303 e. The Kier molecular flexibility index (Phi) is 10.9. The molecule has 1 N–H and O–H groups in total. The third-order valence-corrected chi connectivity index (χ3v) is 5.21. The van der Waals surface area contributed by atoms with Crippen molar-refractivity contribution in [3.05, 3.63) is 11.8 Å². The van der Waals surface area contributed by atoms with Crippen LogP contribution in [0.1, 0.15) is 84.0 Å². The molecule has 2 atom stereocenters. The Balaban J connectivity index is 2.48. The molecule has 0 aromatic carbocycles. The van der Waals surface area contributed by atoms with Crippen LogP contribution in [0.3, 0.4) is 0 Å². The van der Waals surface area contributed by atoms with Crippen molar-refractivity contribution in [2.75, 3.05) is 7.11 Å². The lowest BCUT2D eigenvalue weighted by Crippen LogP contribution is -2.21. The van der Waals surface area contributed by atoms with Gasteiger partial charge in [0.2, 0.25) is 0 Å². The number of methoxy groups -OCH3 is 1. The highest BCUT2D eigenvalue weighted by Gasteiger charge is 2.37. The summed E-state index contributed by atoms with van der Waals surface area (Å²) in [7, 11) is 1.60. The number of carboxylic acid groups (broad SMARTS) is 1. The van der Waals surface area contributed by atoms with Crippen molar-refractivity contribution in [1.29, 1.82) is 0 Å². The topological polar surface area (TPSA) is 80.7 Å². The van der Waals surface area contributed by atoms with Crippen molar-refractivity contribution >= 4 is 17.5 Å². The standard InChI is InChI=1S/C21H34O5/c1-3-4-7-10-16(26-2)15-20(23)18-13-14-19(22)17(18)11-8-5-6-9-12-21(24)25/h15,17-18H,3-14H2,1-2H3,(H,24,25)/t17-,18+/m1/s1. The Bertz CT molecular complexity index is 495. The van der Waals surface area contributed by atoms with E-state index in [-0.39, 0.29) is 29.8 Å². The summed E-state index contributed by atoms with van der Waals surface area (Å²) in [6.07, 6.45) is 11.0. The van der Waals surface area contributed by atoms with Crippen molar-refractivity contribution in [2.24, 2.45) is 11.8 Å². The summed E-state index contributed by atoms with van der Waals surface area (Å²) in [6.45, 7) is 2.14. The van der Waals surface area contributed by atoms with Crippen LogP contribution in [0, 0.1) is 11.8 Å². The van der Waals surface area contributed by atoms with Gasteiger partial charge < -0.3 is 9.84 Å². The third kappa shape index (κ3) is 8.15. The van der Waals surface area contributed by atoms with Crippen molar-refractivity contribution in [3.63, 3.8) is 0 Å². The first-order valence-corrected chi connectivity index (χ1v) is 10.0. The number of carboxylic acids is 1. The Morgan fingerprint density at radius 2 is 1.81 bits per heavy atom. The SMILES string of the molecule is CCCCCC(=CC(=O)[C@H]1CCC(=O)[C@@H]1CCCCCCC(=O)O)OC. The van der Waals surface area contributed by atoms with Crippen LogP contribution in [0.15, 0.2) is 11.8 Å². The minimum atomic E-state index is -0.763. The van der Waals surface area contributed by atoms with Crippen LogP contribution in [0.4, 0.5) is 0 Å². The molecule has 0 bridgehead atoms. The van der Waals surface area contributed by atoms with Crippen molar-refractivity contribution in [1.82, 2.24) is 0 Å². The van der Waals surface area contributed by atoms with E-state index in [1.54, 1.807) is 13.2 Å². The average Bonchev–Trinajstić information content (AvgIpc) is 2.97. The van der Waals surface area contributed by atoms with Crippen LogP contribution < -0.4 is 0 Å². The summed E-state index contributed by atoms with van der Waals surface area (Å²) in [5.74, 6) is -0.200. The molecule has 5 nitrogen and oxygen atoms in total. The number of hydrogen-bond donors (Lipinski definition) is 1. The summed E-state index contributed by atoms with van der Waals surface area (Å²) in [4.78, 5) is 35.3. The Labute approximate surface area is 157 Å². The molecule has 0 heterocycles. The van der Waals surface area contributed by atoms with E-state index >= 15 is 0 Å². The number of ketones is 2. The maximum atomic E-state index is 12.6. The quantitative estimate of drug-likeness (QED) is 0.274. The zero-order chi connectivity index (χ0) is 19.4. The van der Waals surface area contributed by atoms with Crippen molar-refractivity contribution in [3.8, 4) is 0 Å². The molecule has 0 amide bonds. The predicted octanol–water partition coefficient (Wildman–Crippen LogP) is 4.69. The summed E-state index contributed by atoms with van der Waals surface area (Å²) in [6, 6.07) is 0. The molecular formula is C21H34O5. The van der Waals surface area contributed by atoms with Gasteiger partial charge in [-0.05, 0) is 25.7 Å². The fourth-order valence-electron chi connectivity index (χ4n) is 3.65. The number of Topliss-reactive ketones (excluding diaryl/α,β-unsaturated/α-hetero) is 1. The molecular weight excluding hydrogens is 332 g/mol. The van der Waals surface area contributed by atoms with Crippen LogP contribution in [0.2, 0.25) is 0 Å². The van der Waals surface area contributed by atoms with Crippen LogP contribution in [0.5, 0.6) is 0 Å². The Morgan fingerprint density at radius 3 is 2.46 bits per heavy atom. The van der Waals surface area contributed by atoms with E-state index in [9.17, 15) is 14.4 Å². The number of aliphatic carboxylic acids is 1. The number of allylic oxidation sites excluding steroid dienone is 2. The van der Waals surface area contributed by atoms with E-state index in [0.717, 1.165) is 57.1 Å². The van der Waals surface area contributed by atoms with Crippen LogP contribution >= 0.6 is 0 Å². The molecule has 1 aliphatic rings. The highest BCUT2D eigenvalue weighted by molar-refractivity contribution is 5.98. The van der Waals surface area contributed by atoms with E-state index in [1.807, 2.05) is 0 Å². The van der Waals surface area contributed by atoms with E-state index in [2.05, 4.69) is 6.92 Å². The van der Waals surface area contributed by atoms with Crippen molar-refractivity contribution in [2.45, 2.75) is 84.0 Å². The molecule has 1 rings (SSSR count). The van der Waals surface area contributed by atoms with Crippen molar-refractivity contribution < 1.29 is 24.2 Å². The van der Waals surface area contributed by atoms with Gasteiger partial charge in [-0.15, -0.1) is 0 Å². The first-order valence-electron chi connectivity index (χ1n) is 10.0. The van der Waals surface area contributed by atoms with Gasteiger partial charge in [0.05, 0.1) is 12.9 Å². The lowest BCUT2D eigenvalue weighted by molar-refractivity contribution is -0.137. The van der Waals surface area contributed by atoms with E-state index < -0.39 is 5.97 Å². The maximum absolute atomic E-state index is 12.6. The molecule has 0 radical (unpaired) electrons. The van der Waals surface area contributed by atoms with Gasteiger partial charge >= 0.3 is 5.97 Å². The normalized spacial score (nSPS) is 20.4. The van der Waals surface area contributed by atoms with Gasteiger partial charge in [-0.2, -0.15) is 0 Å². The summed E-state index contributed by atoms with van der Waals surface area (Å²) in [5, 5.41) is 8.64. The molecule has 1 fully saturated rings. The first-order chi connectivity index (χ1) is 12.5. The largest absolute Gasteiger partial charge is 0.501 e. The fourth-order valence-corrected chi connectivity index (χ4v) is 3.65. The molecule has 0 saturated heterocycles. The molecule has 0 aromatic rings. The molecule has 0 aliphatic heterocycles. The Hall–Kier alpha value is -1.65. The number of carbonyl (C=O) groups excluding carboxylic acids is 2. The predicted molar refractivity (Wildman–Crippen MR) is 101 cm³/mol. The van der Waals surface area contributed by atoms with Crippen LogP contribution in [0.25, 0.3) is 0 Å². The lowest BCUT2D eigenvalue weighted by atomic mass is 9.86. The monoisotopic (exact) mass is 366 g/mol. The van der Waals surface area contributed by atoms with Gasteiger partial charge in [0.15, 0.2) is 5.78 Å². The Morgan fingerprint density at radius 1 is 1.12 bits per heavy atom. The van der Waals surface area contributed by atoms with Gasteiger partial charge in [0, 0.05) is 37.2 Å². The molecule has 1 saturated carbocycles. The molecule has 5 heteroatoms. The van der Waals surface area contributed by atoms with E-state index in [4.69, 9.17) is 9.84 Å².